The molecule has 0 amide bonds. The van der Waals surface area contributed by atoms with Gasteiger partial charge < -0.3 is 34.8 Å². The standard InChI is InChI=1S/C6H6O8/c7-2(5(11)12)1(4(9)10)3(8)6(13)14/h1-2,7H,(H,9,10)(H,11,12)(H,13,14)/p-3/t1-,2-/m0/s1. The van der Waals surface area contributed by atoms with Crippen LogP contribution in [-0.2, 0) is 19.2 Å². The lowest BCUT2D eigenvalue weighted by Crippen LogP contribution is -2.54. The average molecular weight is 203 g/mol. The summed E-state index contributed by atoms with van der Waals surface area (Å²) in [7, 11) is 0. The molecule has 0 aromatic heterocycles. The van der Waals surface area contributed by atoms with Gasteiger partial charge in [-0.05, 0) is 0 Å². The molecule has 0 saturated heterocycles. The minimum Gasteiger partial charge on any atom is -0.549 e. The number of carbonyl (C=O) groups is 4. The SMILES string of the molecule is O=C([O-])C(=O)[C@@H](C(=O)[O-])[C@H](O)C(=O)[O-]. The van der Waals surface area contributed by atoms with E-state index in [1.807, 2.05) is 0 Å². The van der Waals surface area contributed by atoms with Crippen molar-refractivity contribution in [3.05, 3.63) is 0 Å². The van der Waals surface area contributed by atoms with Crippen molar-refractivity contribution in [1.82, 2.24) is 0 Å². The van der Waals surface area contributed by atoms with Crippen molar-refractivity contribution in [2.75, 3.05) is 0 Å². The Morgan fingerprint density at radius 1 is 0.929 bits per heavy atom. The molecule has 0 aliphatic rings. The number of rotatable bonds is 5. The number of aliphatic hydroxyl groups is 1. The highest BCUT2D eigenvalue weighted by Gasteiger charge is 2.29. The summed E-state index contributed by atoms with van der Waals surface area (Å²) in [5.74, 6) is -11.9. The van der Waals surface area contributed by atoms with Gasteiger partial charge in [-0.25, -0.2) is 0 Å². The second-order valence-electron chi connectivity index (χ2n) is 2.21. The van der Waals surface area contributed by atoms with Gasteiger partial charge >= 0.3 is 0 Å². The van der Waals surface area contributed by atoms with Crippen molar-refractivity contribution in [3.8, 4) is 0 Å². The Morgan fingerprint density at radius 3 is 1.57 bits per heavy atom. The summed E-state index contributed by atoms with van der Waals surface area (Å²) in [6.45, 7) is 0. The van der Waals surface area contributed by atoms with Crippen LogP contribution in [0.1, 0.15) is 0 Å². The van der Waals surface area contributed by atoms with Gasteiger partial charge in [0.05, 0.1) is 17.9 Å². The van der Waals surface area contributed by atoms with Gasteiger partial charge in [0.15, 0.2) is 5.78 Å². The van der Waals surface area contributed by atoms with Crippen LogP contribution >= 0.6 is 0 Å². The molecule has 0 heterocycles. The minimum atomic E-state index is -2.79. The Morgan fingerprint density at radius 2 is 1.36 bits per heavy atom. The zero-order valence-electron chi connectivity index (χ0n) is 6.46. The summed E-state index contributed by atoms with van der Waals surface area (Å²) in [5, 5.41) is 38.5. The number of carbonyl (C=O) groups excluding carboxylic acids is 4. The van der Waals surface area contributed by atoms with Crippen LogP contribution in [0.25, 0.3) is 0 Å². The number of carboxylic acid groups (broad SMARTS) is 3. The van der Waals surface area contributed by atoms with Gasteiger partial charge in [-0.3, -0.25) is 4.79 Å². The van der Waals surface area contributed by atoms with E-state index in [0.717, 1.165) is 0 Å². The topological polar surface area (TPSA) is 158 Å². The molecule has 0 aromatic rings. The number of carboxylic acids is 3. The summed E-state index contributed by atoms with van der Waals surface area (Å²) >= 11 is 0. The Balaban J connectivity index is 4.96. The van der Waals surface area contributed by atoms with E-state index < -0.39 is 35.7 Å². The fraction of sp³-hybridized carbons (Fsp3) is 0.333. The summed E-state index contributed by atoms with van der Waals surface area (Å²) in [4.78, 5) is 40.5. The summed E-state index contributed by atoms with van der Waals surface area (Å²) in [6.07, 6.45) is -2.79. The third-order valence-corrected chi connectivity index (χ3v) is 1.29. The fourth-order valence-electron chi connectivity index (χ4n) is 0.642. The van der Waals surface area contributed by atoms with Crippen LogP contribution < -0.4 is 15.3 Å². The second kappa shape index (κ2) is 4.33. The molecular weight excluding hydrogens is 200 g/mol. The molecule has 8 nitrogen and oxygen atoms in total. The molecule has 0 aliphatic heterocycles. The maximum Gasteiger partial charge on any atom is 0.189 e. The predicted octanol–water partition coefficient (Wildman–Crippen LogP) is -6.22. The number of hydrogen-bond donors (Lipinski definition) is 1. The molecule has 0 bridgehead atoms. The molecule has 0 saturated carbocycles. The normalized spacial score (nSPS) is 14.1. The first-order valence-corrected chi connectivity index (χ1v) is 3.14. The van der Waals surface area contributed by atoms with Crippen LogP contribution in [0, 0.1) is 5.92 Å². The Labute approximate surface area is 76.4 Å². The van der Waals surface area contributed by atoms with Gasteiger partial charge in [0.25, 0.3) is 0 Å². The molecule has 14 heavy (non-hydrogen) atoms. The molecule has 0 fully saturated rings. The highest BCUT2D eigenvalue weighted by Crippen LogP contribution is 2.03. The second-order valence-corrected chi connectivity index (χ2v) is 2.21. The van der Waals surface area contributed by atoms with Crippen LogP contribution in [0.15, 0.2) is 0 Å². The molecule has 0 aromatic carbocycles. The molecule has 0 unspecified atom stereocenters. The average Bonchev–Trinajstić information content (AvgIpc) is 2.03. The van der Waals surface area contributed by atoms with Crippen LogP contribution in [0.3, 0.4) is 0 Å². The van der Waals surface area contributed by atoms with Crippen molar-refractivity contribution in [2.45, 2.75) is 6.10 Å². The van der Waals surface area contributed by atoms with Crippen molar-refractivity contribution in [3.63, 3.8) is 0 Å². The van der Waals surface area contributed by atoms with E-state index >= 15 is 0 Å². The summed E-state index contributed by atoms with van der Waals surface area (Å²) < 4.78 is 0. The van der Waals surface area contributed by atoms with Gasteiger partial charge in [0.1, 0.15) is 12.1 Å². The van der Waals surface area contributed by atoms with E-state index in [0.29, 0.717) is 0 Å². The molecule has 0 rings (SSSR count). The lowest BCUT2D eigenvalue weighted by atomic mass is 9.97. The molecule has 0 aliphatic carbocycles. The number of aliphatic carboxylic acids is 3. The zero-order valence-corrected chi connectivity index (χ0v) is 6.46. The maximum absolute atomic E-state index is 10.5. The first-order chi connectivity index (χ1) is 6.29. The third-order valence-electron chi connectivity index (χ3n) is 1.29. The highest BCUT2D eigenvalue weighted by molar-refractivity contribution is 6.36. The molecule has 0 radical (unpaired) electrons. The van der Waals surface area contributed by atoms with Crippen LogP contribution in [0.5, 0.6) is 0 Å². The van der Waals surface area contributed by atoms with Crippen molar-refractivity contribution < 1.29 is 39.6 Å². The molecule has 2 atom stereocenters. The molecule has 78 valence electrons. The Bertz CT molecular complexity index is 292. The van der Waals surface area contributed by atoms with E-state index in [1.165, 1.54) is 0 Å². The van der Waals surface area contributed by atoms with Gasteiger partial charge in [-0.2, -0.15) is 0 Å². The molecule has 0 spiro atoms. The quantitative estimate of drug-likeness (QED) is 0.341. The number of Topliss-reactive ketones (excluding diaryl/α,β-unsaturated/α-hetero) is 1. The monoisotopic (exact) mass is 203 g/mol. The number of aliphatic hydroxyl groups excluding tert-OH is 1. The summed E-state index contributed by atoms with van der Waals surface area (Å²) in [6, 6.07) is 0. The molecule has 8 heteroatoms. The van der Waals surface area contributed by atoms with Crippen LogP contribution in [-0.4, -0.2) is 34.9 Å². The van der Waals surface area contributed by atoms with Gasteiger partial charge in [-0.15, -0.1) is 0 Å². The van der Waals surface area contributed by atoms with Gasteiger partial charge in [-0.1, -0.05) is 0 Å². The third kappa shape index (κ3) is 2.52. The van der Waals surface area contributed by atoms with E-state index in [2.05, 4.69) is 0 Å². The maximum atomic E-state index is 10.5. The molecule has 1 N–H and O–H groups in total. The number of ketones is 1. The van der Waals surface area contributed by atoms with E-state index in [1.54, 1.807) is 0 Å². The lowest BCUT2D eigenvalue weighted by molar-refractivity contribution is -0.330. The Kier molecular flexibility index (Phi) is 3.72. The fourth-order valence-corrected chi connectivity index (χ4v) is 0.642. The smallest absolute Gasteiger partial charge is 0.189 e. The predicted molar refractivity (Wildman–Crippen MR) is 29.5 cm³/mol. The van der Waals surface area contributed by atoms with E-state index in [-0.39, 0.29) is 0 Å². The van der Waals surface area contributed by atoms with Crippen molar-refractivity contribution in [2.24, 2.45) is 5.92 Å². The first-order valence-electron chi connectivity index (χ1n) is 3.14. The minimum absolute atomic E-state index is 2.10. The lowest BCUT2D eigenvalue weighted by Gasteiger charge is -2.23. The zero-order chi connectivity index (χ0) is 11.5. The van der Waals surface area contributed by atoms with Crippen molar-refractivity contribution >= 4 is 23.7 Å². The highest BCUT2D eigenvalue weighted by atomic mass is 16.4. The van der Waals surface area contributed by atoms with Crippen LogP contribution in [0.2, 0.25) is 0 Å². The van der Waals surface area contributed by atoms with Gasteiger partial charge in [0, 0.05) is 0 Å². The first kappa shape index (κ1) is 12.0. The molecular formula is C6H3O8-3. The van der Waals surface area contributed by atoms with Gasteiger partial charge in [0.2, 0.25) is 0 Å². The summed E-state index contributed by atoms with van der Waals surface area (Å²) in [5.41, 5.74) is 0. The van der Waals surface area contributed by atoms with E-state index in [9.17, 15) is 34.5 Å². The Hall–Kier alpha value is -1.96. The van der Waals surface area contributed by atoms with Crippen molar-refractivity contribution in [1.29, 1.82) is 0 Å². The number of hydrogen-bond acceptors (Lipinski definition) is 8. The van der Waals surface area contributed by atoms with Crippen LogP contribution in [0.4, 0.5) is 0 Å². The van der Waals surface area contributed by atoms with E-state index in [4.69, 9.17) is 5.11 Å². The largest absolute Gasteiger partial charge is 0.549 e.